The summed E-state index contributed by atoms with van der Waals surface area (Å²) in [5.41, 5.74) is 1.93. The molecule has 0 radical (unpaired) electrons. The molecule has 1 saturated carbocycles. The molecule has 1 aliphatic heterocycles. The van der Waals surface area contributed by atoms with Crippen LogP contribution >= 0.6 is 11.8 Å². The molecule has 2 fully saturated rings. The van der Waals surface area contributed by atoms with Crippen LogP contribution in [0.1, 0.15) is 54.6 Å². The van der Waals surface area contributed by atoms with Gasteiger partial charge >= 0.3 is 0 Å². The molecule has 2 aliphatic rings. The van der Waals surface area contributed by atoms with E-state index in [-0.39, 0.29) is 11.8 Å². The van der Waals surface area contributed by atoms with Crippen LogP contribution in [0.5, 0.6) is 0 Å². The number of nitrogens with zero attached hydrogens (tertiary/aromatic N) is 6. The monoisotopic (exact) mass is 414 g/mol. The van der Waals surface area contributed by atoms with Crippen LogP contribution in [0.4, 0.5) is 0 Å². The number of thioether (sulfide) groups is 1. The Balaban J connectivity index is 1.26. The van der Waals surface area contributed by atoms with Crippen molar-refractivity contribution in [2.24, 2.45) is 0 Å². The van der Waals surface area contributed by atoms with Crippen LogP contribution in [0.2, 0.25) is 0 Å². The zero-order chi connectivity index (χ0) is 20.4. The molecule has 154 valence electrons. The number of benzene rings is 1. The number of hydrogen-bond donors (Lipinski definition) is 0. The average Bonchev–Trinajstić information content (AvgIpc) is 3.49. The van der Waals surface area contributed by atoms with Gasteiger partial charge in [0.15, 0.2) is 0 Å². The average molecular weight is 415 g/mol. The third-order valence-electron chi connectivity index (χ3n) is 5.42. The Morgan fingerprint density at radius 2 is 1.72 bits per heavy atom. The van der Waals surface area contributed by atoms with Gasteiger partial charge in [-0.25, -0.2) is 4.68 Å². The first-order valence-corrected chi connectivity index (χ1v) is 11.1. The first-order valence-electron chi connectivity index (χ1n) is 10.1. The standard InChI is InChI=1S/C20H26N6O2S/c1-14(2)15-3-5-16(6-4-15)19(28)25-11-9-24(10-12-25)18(27)13-29-20-21-22-23-26(20)17-7-8-17/h3-6,14,17H,7-13H2,1-2H3. The van der Waals surface area contributed by atoms with E-state index in [0.29, 0.717) is 54.6 Å². The molecule has 1 aromatic carbocycles. The number of hydrogen-bond acceptors (Lipinski definition) is 6. The zero-order valence-electron chi connectivity index (χ0n) is 16.8. The van der Waals surface area contributed by atoms with Crippen molar-refractivity contribution in [1.29, 1.82) is 0 Å². The maximum atomic E-state index is 12.7. The van der Waals surface area contributed by atoms with E-state index in [2.05, 4.69) is 29.4 Å². The van der Waals surface area contributed by atoms with E-state index in [1.54, 1.807) is 0 Å². The summed E-state index contributed by atoms with van der Waals surface area (Å²) in [6.07, 6.45) is 2.20. The topological polar surface area (TPSA) is 84.2 Å². The second-order valence-corrected chi connectivity index (χ2v) is 8.82. The Kier molecular flexibility index (Phi) is 5.84. The highest BCUT2D eigenvalue weighted by atomic mass is 32.2. The van der Waals surface area contributed by atoms with Gasteiger partial charge in [-0.05, 0) is 46.9 Å². The summed E-state index contributed by atoms with van der Waals surface area (Å²) >= 11 is 1.39. The summed E-state index contributed by atoms with van der Waals surface area (Å²) in [7, 11) is 0. The molecule has 4 rings (SSSR count). The highest BCUT2D eigenvalue weighted by molar-refractivity contribution is 7.99. The molecule has 2 heterocycles. The molecule has 1 aromatic heterocycles. The molecule has 2 amide bonds. The minimum atomic E-state index is 0.0328. The second-order valence-electron chi connectivity index (χ2n) is 7.88. The van der Waals surface area contributed by atoms with E-state index < -0.39 is 0 Å². The molecule has 9 heteroatoms. The molecular weight excluding hydrogens is 388 g/mol. The summed E-state index contributed by atoms with van der Waals surface area (Å²) < 4.78 is 1.82. The van der Waals surface area contributed by atoms with Gasteiger partial charge in [0.1, 0.15) is 0 Å². The molecule has 0 unspecified atom stereocenters. The molecular formula is C20H26N6O2S. The number of tetrazole rings is 1. The van der Waals surface area contributed by atoms with Crippen molar-refractivity contribution in [2.75, 3.05) is 31.9 Å². The molecule has 1 aliphatic carbocycles. The number of piperazine rings is 1. The maximum absolute atomic E-state index is 12.7. The molecule has 2 aromatic rings. The van der Waals surface area contributed by atoms with E-state index in [1.807, 2.05) is 38.7 Å². The van der Waals surface area contributed by atoms with Crippen molar-refractivity contribution in [3.8, 4) is 0 Å². The zero-order valence-corrected chi connectivity index (χ0v) is 17.6. The van der Waals surface area contributed by atoms with Gasteiger partial charge in [-0.3, -0.25) is 9.59 Å². The van der Waals surface area contributed by atoms with E-state index >= 15 is 0 Å². The number of rotatable bonds is 6. The highest BCUT2D eigenvalue weighted by Crippen LogP contribution is 2.36. The van der Waals surface area contributed by atoms with Crippen molar-refractivity contribution in [3.63, 3.8) is 0 Å². The Morgan fingerprint density at radius 3 is 2.34 bits per heavy atom. The molecule has 1 saturated heterocycles. The molecule has 29 heavy (non-hydrogen) atoms. The van der Waals surface area contributed by atoms with Crippen molar-refractivity contribution in [3.05, 3.63) is 35.4 Å². The Bertz CT molecular complexity index is 869. The Hall–Kier alpha value is -2.42. The van der Waals surface area contributed by atoms with E-state index in [9.17, 15) is 9.59 Å². The molecule has 8 nitrogen and oxygen atoms in total. The molecule has 0 atom stereocenters. The van der Waals surface area contributed by atoms with Gasteiger partial charge in [-0.1, -0.05) is 37.7 Å². The lowest BCUT2D eigenvalue weighted by molar-refractivity contribution is -0.129. The minimum absolute atomic E-state index is 0.0328. The third kappa shape index (κ3) is 4.60. The van der Waals surface area contributed by atoms with Crippen LogP contribution in [-0.4, -0.2) is 73.8 Å². The van der Waals surface area contributed by atoms with Gasteiger partial charge in [-0.15, -0.1) is 5.10 Å². The summed E-state index contributed by atoms with van der Waals surface area (Å²) in [6.45, 7) is 6.50. The fourth-order valence-electron chi connectivity index (χ4n) is 3.40. The number of aromatic nitrogens is 4. The number of amides is 2. The van der Waals surface area contributed by atoms with Gasteiger partial charge in [0.2, 0.25) is 11.1 Å². The molecule has 0 spiro atoms. The maximum Gasteiger partial charge on any atom is 0.253 e. The summed E-state index contributed by atoms with van der Waals surface area (Å²) in [5, 5.41) is 12.5. The summed E-state index contributed by atoms with van der Waals surface area (Å²) in [5.74, 6) is 0.858. The quantitative estimate of drug-likeness (QED) is 0.674. The van der Waals surface area contributed by atoms with E-state index in [1.165, 1.54) is 17.3 Å². The van der Waals surface area contributed by atoms with Gasteiger partial charge in [0.05, 0.1) is 11.8 Å². The predicted molar refractivity (Wildman–Crippen MR) is 110 cm³/mol. The predicted octanol–water partition coefficient (Wildman–Crippen LogP) is 2.21. The van der Waals surface area contributed by atoms with Crippen molar-refractivity contribution in [1.82, 2.24) is 30.0 Å². The number of carbonyl (C=O) groups excluding carboxylic acids is 2. The van der Waals surface area contributed by atoms with Crippen LogP contribution in [0.15, 0.2) is 29.4 Å². The lowest BCUT2D eigenvalue weighted by Crippen LogP contribution is -2.51. The number of carbonyl (C=O) groups is 2. The SMILES string of the molecule is CC(C)c1ccc(C(=O)N2CCN(C(=O)CSc3nnnn3C3CC3)CC2)cc1. The van der Waals surface area contributed by atoms with Crippen molar-refractivity contribution >= 4 is 23.6 Å². The second kappa shape index (κ2) is 8.52. The first-order chi connectivity index (χ1) is 14.0. The van der Waals surface area contributed by atoms with Crippen LogP contribution in [0.25, 0.3) is 0 Å². The molecule has 0 N–H and O–H groups in total. The smallest absolute Gasteiger partial charge is 0.253 e. The van der Waals surface area contributed by atoms with E-state index in [4.69, 9.17) is 0 Å². The van der Waals surface area contributed by atoms with Crippen LogP contribution in [0, 0.1) is 0 Å². The first kappa shape index (κ1) is 19.9. The fraction of sp³-hybridized carbons (Fsp3) is 0.550. The van der Waals surface area contributed by atoms with Gasteiger partial charge in [0.25, 0.3) is 5.91 Å². The minimum Gasteiger partial charge on any atom is -0.338 e. The van der Waals surface area contributed by atoms with Gasteiger partial charge < -0.3 is 9.80 Å². The van der Waals surface area contributed by atoms with Crippen molar-refractivity contribution in [2.45, 2.75) is 43.8 Å². The largest absolute Gasteiger partial charge is 0.338 e. The normalized spacial score (nSPS) is 17.1. The van der Waals surface area contributed by atoms with E-state index in [0.717, 1.165) is 12.8 Å². The Labute approximate surface area is 174 Å². The highest BCUT2D eigenvalue weighted by Gasteiger charge is 2.29. The summed E-state index contributed by atoms with van der Waals surface area (Å²) in [4.78, 5) is 29.0. The van der Waals surface area contributed by atoms with Gasteiger partial charge in [-0.2, -0.15) is 0 Å². The van der Waals surface area contributed by atoms with Crippen LogP contribution < -0.4 is 0 Å². The summed E-state index contributed by atoms with van der Waals surface area (Å²) in [6, 6.07) is 8.23. The Morgan fingerprint density at radius 1 is 1.07 bits per heavy atom. The van der Waals surface area contributed by atoms with Crippen molar-refractivity contribution < 1.29 is 9.59 Å². The fourth-order valence-corrected chi connectivity index (χ4v) is 4.25. The lowest BCUT2D eigenvalue weighted by atomic mass is 10.0. The molecule has 0 bridgehead atoms. The lowest BCUT2D eigenvalue weighted by Gasteiger charge is -2.34. The third-order valence-corrected chi connectivity index (χ3v) is 6.34. The van der Waals surface area contributed by atoms with Crippen LogP contribution in [0.3, 0.4) is 0 Å². The van der Waals surface area contributed by atoms with Crippen LogP contribution in [-0.2, 0) is 4.79 Å². The van der Waals surface area contributed by atoms with Gasteiger partial charge in [0, 0.05) is 31.7 Å².